The highest BCUT2D eigenvalue weighted by Gasteiger charge is 2.04. The summed E-state index contributed by atoms with van der Waals surface area (Å²) in [6.45, 7) is 8.48. The summed E-state index contributed by atoms with van der Waals surface area (Å²) in [6.07, 6.45) is 0. The van der Waals surface area contributed by atoms with Gasteiger partial charge >= 0.3 is 0 Å². The standard InChI is InChI=1S/C8H5BrFN/c1-5-3-6(10)4-7(9)8(5)11-2/h3-4H,1H3. The van der Waals surface area contributed by atoms with Gasteiger partial charge in [0.15, 0.2) is 0 Å². The number of aryl methyl sites for hydroxylation is 1. The third kappa shape index (κ3) is 1.58. The second-order valence-corrected chi connectivity index (χ2v) is 3.02. The Morgan fingerprint density at radius 3 is 2.64 bits per heavy atom. The van der Waals surface area contributed by atoms with Crippen molar-refractivity contribution >= 4 is 21.6 Å². The number of halogens is 2. The smallest absolute Gasteiger partial charge is 0.204 e. The van der Waals surface area contributed by atoms with Crippen LogP contribution in [0.15, 0.2) is 16.6 Å². The van der Waals surface area contributed by atoms with Crippen LogP contribution < -0.4 is 0 Å². The Morgan fingerprint density at radius 1 is 1.55 bits per heavy atom. The first kappa shape index (κ1) is 8.22. The molecular weight excluding hydrogens is 209 g/mol. The molecule has 0 saturated heterocycles. The average Bonchev–Trinajstić information content (AvgIpc) is 1.85. The van der Waals surface area contributed by atoms with Crippen molar-refractivity contribution in [2.75, 3.05) is 0 Å². The van der Waals surface area contributed by atoms with Gasteiger partial charge in [-0.05, 0) is 24.6 Å². The molecule has 0 heterocycles. The molecule has 0 radical (unpaired) electrons. The lowest BCUT2D eigenvalue weighted by Gasteiger charge is -1.99. The summed E-state index contributed by atoms with van der Waals surface area (Å²) in [7, 11) is 0. The molecule has 0 N–H and O–H groups in total. The summed E-state index contributed by atoms with van der Waals surface area (Å²) in [5, 5.41) is 0. The minimum atomic E-state index is -0.318. The first-order valence-electron chi connectivity index (χ1n) is 2.98. The van der Waals surface area contributed by atoms with Gasteiger partial charge in [-0.2, -0.15) is 0 Å². The highest BCUT2D eigenvalue weighted by molar-refractivity contribution is 9.10. The van der Waals surface area contributed by atoms with Gasteiger partial charge in [0.05, 0.1) is 6.57 Å². The minimum absolute atomic E-state index is 0.318. The lowest BCUT2D eigenvalue weighted by molar-refractivity contribution is 0.626. The van der Waals surface area contributed by atoms with E-state index in [1.807, 2.05) is 0 Å². The van der Waals surface area contributed by atoms with E-state index in [2.05, 4.69) is 20.8 Å². The molecule has 0 aliphatic heterocycles. The Kier molecular flexibility index (Phi) is 2.25. The van der Waals surface area contributed by atoms with Crippen molar-refractivity contribution in [2.45, 2.75) is 6.92 Å². The monoisotopic (exact) mass is 213 g/mol. The molecule has 0 spiro atoms. The second-order valence-electron chi connectivity index (χ2n) is 2.16. The van der Waals surface area contributed by atoms with E-state index >= 15 is 0 Å². The largest absolute Gasteiger partial charge is 0.237 e. The lowest BCUT2D eigenvalue weighted by Crippen LogP contribution is -1.78. The molecule has 1 aromatic carbocycles. The van der Waals surface area contributed by atoms with Crippen LogP contribution in [-0.2, 0) is 0 Å². The van der Waals surface area contributed by atoms with Crippen molar-refractivity contribution in [1.82, 2.24) is 0 Å². The fourth-order valence-corrected chi connectivity index (χ4v) is 1.46. The van der Waals surface area contributed by atoms with Crippen molar-refractivity contribution < 1.29 is 4.39 Å². The van der Waals surface area contributed by atoms with Gasteiger partial charge in [-0.3, -0.25) is 0 Å². The highest BCUT2D eigenvalue weighted by Crippen LogP contribution is 2.29. The topological polar surface area (TPSA) is 4.36 Å². The molecule has 0 bridgehead atoms. The second kappa shape index (κ2) is 3.02. The normalized spacial score (nSPS) is 9.27. The zero-order valence-electron chi connectivity index (χ0n) is 5.86. The van der Waals surface area contributed by atoms with Crippen LogP contribution in [0.5, 0.6) is 0 Å². The van der Waals surface area contributed by atoms with Crippen LogP contribution in [0.2, 0.25) is 0 Å². The SMILES string of the molecule is [C-]#[N+]c1c(C)cc(F)cc1Br. The molecule has 1 nitrogen and oxygen atoms in total. The Labute approximate surface area is 72.8 Å². The van der Waals surface area contributed by atoms with Gasteiger partial charge in [0.25, 0.3) is 0 Å². The van der Waals surface area contributed by atoms with Crippen LogP contribution in [0.1, 0.15) is 5.56 Å². The van der Waals surface area contributed by atoms with Gasteiger partial charge in [0, 0.05) is 4.47 Å². The van der Waals surface area contributed by atoms with Gasteiger partial charge in [-0.25, -0.2) is 9.24 Å². The predicted molar refractivity (Wildman–Crippen MR) is 45.1 cm³/mol. The van der Waals surface area contributed by atoms with Crippen LogP contribution in [0.4, 0.5) is 10.1 Å². The van der Waals surface area contributed by atoms with Crippen LogP contribution in [0.3, 0.4) is 0 Å². The van der Waals surface area contributed by atoms with Gasteiger partial charge < -0.3 is 0 Å². The van der Waals surface area contributed by atoms with Crippen LogP contribution in [0.25, 0.3) is 4.85 Å². The quantitative estimate of drug-likeness (QED) is 0.582. The summed E-state index contributed by atoms with van der Waals surface area (Å²) < 4.78 is 13.1. The highest BCUT2D eigenvalue weighted by atomic mass is 79.9. The number of hydrogen-bond donors (Lipinski definition) is 0. The number of rotatable bonds is 0. The Morgan fingerprint density at radius 2 is 2.18 bits per heavy atom. The van der Waals surface area contributed by atoms with Gasteiger partial charge in [-0.15, -0.1) is 0 Å². The summed E-state index contributed by atoms with van der Waals surface area (Å²) in [6, 6.07) is 2.64. The van der Waals surface area contributed by atoms with Crippen molar-refractivity contribution in [3.8, 4) is 0 Å². The van der Waals surface area contributed by atoms with Gasteiger partial charge in [0.1, 0.15) is 5.82 Å². The third-order valence-electron chi connectivity index (χ3n) is 1.33. The molecule has 1 aromatic rings. The zero-order valence-corrected chi connectivity index (χ0v) is 7.44. The average molecular weight is 214 g/mol. The fraction of sp³-hybridized carbons (Fsp3) is 0.125. The molecule has 0 unspecified atom stereocenters. The van der Waals surface area contributed by atoms with E-state index in [1.54, 1.807) is 6.92 Å². The van der Waals surface area contributed by atoms with E-state index in [0.717, 1.165) is 0 Å². The van der Waals surface area contributed by atoms with E-state index in [9.17, 15) is 4.39 Å². The van der Waals surface area contributed by atoms with E-state index in [-0.39, 0.29) is 5.82 Å². The minimum Gasteiger partial charge on any atom is -0.237 e. The van der Waals surface area contributed by atoms with E-state index in [1.165, 1.54) is 12.1 Å². The van der Waals surface area contributed by atoms with Crippen LogP contribution in [-0.4, -0.2) is 0 Å². The lowest BCUT2D eigenvalue weighted by atomic mass is 10.2. The molecule has 0 saturated carbocycles. The molecule has 0 fully saturated rings. The fourth-order valence-electron chi connectivity index (χ4n) is 0.836. The molecule has 0 amide bonds. The Hall–Kier alpha value is -0.880. The molecule has 0 aromatic heterocycles. The van der Waals surface area contributed by atoms with Crippen LogP contribution in [0, 0.1) is 19.3 Å². The molecular formula is C8H5BrFN. The van der Waals surface area contributed by atoms with Gasteiger partial charge in [-0.1, -0.05) is 15.9 Å². The Balaban J connectivity index is 3.40. The van der Waals surface area contributed by atoms with E-state index < -0.39 is 0 Å². The molecule has 1 rings (SSSR count). The van der Waals surface area contributed by atoms with Crippen molar-refractivity contribution in [3.05, 3.63) is 39.4 Å². The summed E-state index contributed by atoms with van der Waals surface area (Å²) >= 11 is 3.10. The van der Waals surface area contributed by atoms with Crippen molar-refractivity contribution in [3.63, 3.8) is 0 Å². The molecule has 11 heavy (non-hydrogen) atoms. The molecule has 3 heteroatoms. The van der Waals surface area contributed by atoms with E-state index in [4.69, 9.17) is 6.57 Å². The van der Waals surface area contributed by atoms with Crippen LogP contribution >= 0.6 is 15.9 Å². The zero-order chi connectivity index (χ0) is 8.43. The number of benzene rings is 1. The van der Waals surface area contributed by atoms with E-state index in [0.29, 0.717) is 15.7 Å². The van der Waals surface area contributed by atoms with Crippen molar-refractivity contribution in [1.29, 1.82) is 0 Å². The van der Waals surface area contributed by atoms with Gasteiger partial charge in [0.2, 0.25) is 5.69 Å². The first-order chi connectivity index (χ1) is 5.15. The first-order valence-corrected chi connectivity index (χ1v) is 3.77. The maximum atomic E-state index is 12.6. The molecule has 0 aliphatic rings. The Bertz CT molecular complexity index is 304. The summed E-state index contributed by atoms with van der Waals surface area (Å²) in [4.78, 5) is 3.25. The summed E-state index contributed by atoms with van der Waals surface area (Å²) in [5.74, 6) is -0.318. The summed E-state index contributed by atoms with van der Waals surface area (Å²) in [5.41, 5.74) is 1.14. The maximum Gasteiger partial charge on any atom is 0.204 e. The maximum absolute atomic E-state index is 12.6. The third-order valence-corrected chi connectivity index (χ3v) is 1.94. The number of nitrogens with zero attached hydrogens (tertiary/aromatic N) is 1. The molecule has 56 valence electrons. The number of hydrogen-bond acceptors (Lipinski definition) is 0. The molecule has 0 atom stereocenters. The van der Waals surface area contributed by atoms with Crippen molar-refractivity contribution in [2.24, 2.45) is 0 Å². The molecule has 0 aliphatic carbocycles. The predicted octanol–water partition coefficient (Wildman–Crippen LogP) is 3.45.